The van der Waals surface area contributed by atoms with E-state index in [1.165, 1.54) is 18.9 Å². The van der Waals surface area contributed by atoms with E-state index in [9.17, 15) is 9.18 Å². The Morgan fingerprint density at radius 3 is 2.73 bits per heavy atom. The number of hydrogen-bond donors (Lipinski definition) is 1. The van der Waals surface area contributed by atoms with Crippen LogP contribution in [0, 0.1) is 11.7 Å². The Balaban J connectivity index is 1.32. The van der Waals surface area contributed by atoms with Gasteiger partial charge in [-0.05, 0) is 56.8 Å². The fourth-order valence-electron chi connectivity index (χ4n) is 4.20. The van der Waals surface area contributed by atoms with Gasteiger partial charge in [0, 0.05) is 43.9 Å². The number of H-pyrrole nitrogens is 1. The molecular weight excluding hydrogens is 383 g/mol. The van der Waals surface area contributed by atoms with Gasteiger partial charge in [-0.25, -0.2) is 4.39 Å². The zero-order chi connectivity index (χ0) is 20.9. The molecule has 0 unspecified atom stereocenters. The van der Waals surface area contributed by atoms with Gasteiger partial charge in [0.1, 0.15) is 11.5 Å². The lowest BCUT2D eigenvalue weighted by atomic mass is 9.95. The summed E-state index contributed by atoms with van der Waals surface area (Å²) in [7, 11) is 1.66. The van der Waals surface area contributed by atoms with Crippen molar-refractivity contribution >= 4 is 5.91 Å². The predicted octanol–water partition coefficient (Wildman–Crippen LogP) is 3.43. The number of piperidine rings is 1. The van der Waals surface area contributed by atoms with Crippen LogP contribution in [0.2, 0.25) is 0 Å². The Labute approximate surface area is 177 Å². The standard InChI is InChI=1S/C23H31FN4O2/c1-30-13-12-28(23(29)22-14-21(25-26-22)18-6-7-18)15-17-8-10-27(11-9-17)16-19-4-2-3-5-20(19)24/h2-5,14,17-18H,6-13,15-16H2,1H3,(H,25,26). The Kier molecular flexibility index (Phi) is 6.79. The lowest BCUT2D eigenvalue weighted by molar-refractivity contribution is 0.0611. The molecule has 2 aromatic rings. The molecule has 0 spiro atoms. The molecule has 1 aromatic carbocycles. The smallest absolute Gasteiger partial charge is 0.274 e. The molecule has 0 atom stereocenters. The van der Waals surface area contributed by atoms with Crippen molar-refractivity contribution in [1.82, 2.24) is 20.0 Å². The van der Waals surface area contributed by atoms with E-state index in [1.54, 1.807) is 13.2 Å². The third-order valence-electron chi connectivity index (χ3n) is 6.22. The van der Waals surface area contributed by atoms with E-state index in [-0.39, 0.29) is 11.7 Å². The maximum atomic E-state index is 13.9. The minimum Gasteiger partial charge on any atom is -0.383 e. The Morgan fingerprint density at radius 2 is 2.03 bits per heavy atom. The first-order chi connectivity index (χ1) is 14.6. The molecule has 2 heterocycles. The SMILES string of the molecule is COCCN(CC1CCN(Cc2ccccc2F)CC1)C(=O)c1cc(C2CC2)[nH]n1. The van der Waals surface area contributed by atoms with Crippen molar-refractivity contribution in [1.29, 1.82) is 0 Å². The summed E-state index contributed by atoms with van der Waals surface area (Å²) in [4.78, 5) is 17.2. The van der Waals surface area contributed by atoms with Gasteiger partial charge >= 0.3 is 0 Å². The summed E-state index contributed by atoms with van der Waals surface area (Å²) in [5, 5.41) is 7.30. The number of benzene rings is 1. The Bertz CT molecular complexity index is 843. The molecule has 1 saturated heterocycles. The summed E-state index contributed by atoms with van der Waals surface area (Å²) in [6.45, 7) is 4.26. The molecule has 0 bridgehead atoms. The number of nitrogens with zero attached hydrogens (tertiary/aromatic N) is 3. The average Bonchev–Trinajstić information content (AvgIpc) is 3.50. The zero-order valence-corrected chi connectivity index (χ0v) is 17.6. The molecule has 6 nitrogen and oxygen atoms in total. The second kappa shape index (κ2) is 9.71. The highest BCUT2D eigenvalue weighted by molar-refractivity contribution is 5.92. The van der Waals surface area contributed by atoms with E-state index < -0.39 is 0 Å². The lowest BCUT2D eigenvalue weighted by Crippen LogP contribution is -2.42. The Hall–Kier alpha value is -2.25. The number of carbonyl (C=O) groups is 1. The van der Waals surface area contributed by atoms with E-state index in [4.69, 9.17) is 4.74 Å². The summed E-state index contributed by atoms with van der Waals surface area (Å²) in [5.74, 6) is 0.819. The first-order valence-corrected chi connectivity index (χ1v) is 10.9. The number of hydrogen-bond acceptors (Lipinski definition) is 4. The molecule has 30 heavy (non-hydrogen) atoms. The highest BCUT2D eigenvalue weighted by Gasteiger charge is 2.29. The normalized spacial score (nSPS) is 17.9. The van der Waals surface area contributed by atoms with E-state index in [1.807, 2.05) is 23.1 Å². The van der Waals surface area contributed by atoms with Crippen molar-refractivity contribution in [3.63, 3.8) is 0 Å². The summed E-state index contributed by atoms with van der Waals surface area (Å²) in [6.07, 6.45) is 4.35. The predicted molar refractivity (Wildman–Crippen MR) is 113 cm³/mol. The molecule has 0 radical (unpaired) electrons. The van der Waals surface area contributed by atoms with Crippen LogP contribution in [0.3, 0.4) is 0 Å². The number of nitrogens with one attached hydrogen (secondary N) is 1. The highest BCUT2D eigenvalue weighted by Crippen LogP contribution is 2.39. The third-order valence-corrected chi connectivity index (χ3v) is 6.22. The van der Waals surface area contributed by atoms with Crippen LogP contribution in [-0.4, -0.2) is 65.8 Å². The van der Waals surface area contributed by atoms with Crippen molar-refractivity contribution < 1.29 is 13.9 Å². The van der Waals surface area contributed by atoms with Gasteiger partial charge in [-0.3, -0.25) is 14.8 Å². The maximum absolute atomic E-state index is 13.9. The summed E-state index contributed by atoms with van der Waals surface area (Å²) < 4.78 is 19.2. The van der Waals surface area contributed by atoms with Crippen molar-refractivity contribution in [2.45, 2.75) is 38.1 Å². The molecule has 4 rings (SSSR count). The van der Waals surface area contributed by atoms with Crippen LogP contribution in [0.25, 0.3) is 0 Å². The molecule has 2 fully saturated rings. The summed E-state index contributed by atoms with van der Waals surface area (Å²) in [5.41, 5.74) is 2.33. The monoisotopic (exact) mass is 414 g/mol. The number of amides is 1. The van der Waals surface area contributed by atoms with Crippen LogP contribution in [0.4, 0.5) is 4.39 Å². The van der Waals surface area contributed by atoms with Gasteiger partial charge in [0.2, 0.25) is 0 Å². The van der Waals surface area contributed by atoms with Crippen molar-refractivity contribution in [2.24, 2.45) is 5.92 Å². The highest BCUT2D eigenvalue weighted by atomic mass is 19.1. The van der Waals surface area contributed by atoms with Gasteiger partial charge < -0.3 is 9.64 Å². The van der Waals surface area contributed by atoms with Gasteiger partial charge in [-0.2, -0.15) is 5.10 Å². The average molecular weight is 415 g/mol. The van der Waals surface area contributed by atoms with Crippen molar-refractivity contribution in [3.8, 4) is 0 Å². The second-order valence-electron chi connectivity index (χ2n) is 8.54. The lowest BCUT2D eigenvalue weighted by Gasteiger charge is -2.34. The van der Waals surface area contributed by atoms with Crippen LogP contribution < -0.4 is 0 Å². The number of aromatic amines is 1. The molecule has 1 aromatic heterocycles. The largest absolute Gasteiger partial charge is 0.383 e. The molecule has 1 saturated carbocycles. The summed E-state index contributed by atoms with van der Waals surface area (Å²) in [6, 6.07) is 8.89. The van der Waals surface area contributed by atoms with E-state index >= 15 is 0 Å². The fraction of sp³-hybridized carbons (Fsp3) is 0.565. The van der Waals surface area contributed by atoms with Gasteiger partial charge in [0.05, 0.1) is 6.61 Å². The Morgan fingerprint density at radius 1 is 1.27 bits per heavy atom. The maximum Gasteiger partial charge on any atom is 0.274 e. The van der Waals surface area contributed by atoms with Gasteiger partial charge in [-0.1, -0.05) is 18.2 Å². The third kappa shape index (κ3) is 5.26. The minimum absolute atomic E-state index is 0.0241. The van der Waals surface area contributed by atoms with E-state index in [0.717, 1.165) is 37.2 Å². The molecule has 1 N–H and O–H groups in total. The van der Waals surface area contributed by atoms with Crippen molar-refractivity contribution in [2.75, 3.05) is 39.9 Å². The van der Waals surface area contributed by atoms with E-state index in [0.29, 0.717) is 43.8 Å². The van der Waals surface area contributed by atoms with Crippen LogP contribution in [0.15, 0.2) is 30.3 Å². The first kappa shape index (κ1) is 21.0. The van der Waals surface area contributed by atoms with Crippen LogP contribution in [-0.2, 0) is 11.3 Å². The quantitative estimate of drug-likeness (QED) is 0.683. The number of carbonyl (C=O) groups excluding carboxylic acids is 1. The molecule has 1 aliphatic heterocycles. The topological polar surface area (TPSA) is 61.5 Å². The number of rotatable bonds is 9. The van der Waals surface area contributed by atoms with Crippen LogP contribution in [0.5, 0.6) is 0 Å². The van der Waals surface area contributed by atoms with Crippen LogP contribution >= 0.6 is 0 Å². The van der Waals surface area contributed by atoms with Gasteiger partial charge in [-0.15, -0.1) is 0 Å². The number of ether oxygens (including phenoxy) is 1. The zero-order valence-electron chi connectivity index (χ0n) is 17.6. The van der Waals surface area contributed by atoms with Crippen molar-refractivity contribution in [3.05, 3.63) is 53.1 Å². The van der Waals surface area contributed by atoms with Gasteiger partial charge in [0.25, 0.3) is 5.91 Å². The number of likely N-dealkylation sites (tertiary alicyclic amines) is 1. The minimum atomic E-state index is -0.138. The molecule has 162 valence electrons. The van der Waals surface area contributed by atoms with E-state index in [2.05, 4.69) is 15.1 Å². The molecule has 1 aliphatic carbocycles. The van der Waals surface area contributed by atoms with Crippen LogP contribution in [0.1, 0.15) is 53.3 Å². The summed E-state index contributed by atoms with van der Waals surface area (Å²) >= 11 is 0. The van der Waals surface area contributed by atoms with Gasteiger partial charge in [0.15, 0.2) is 0 Å². The number of halogens is 1. The number of aromatic nitrogens is 2. The second-order valence-corrected chi connectivity index (χ2v) is 8.54. The molecule has 7 heteroatoms. The number of methoxy groups -OCH3 is 1. The molecule has 2 aliphatic rings. The fourth-order valence-corrected chi connectivity index (χ4v) is 4.20. The molecular formula is C23H31FN4O2. The molecule has 1 amide bonds. The first-order valence-electron chi connectivity index (χ1n) is 10.9.